The first-order valence-corrected chi connectivity index (χ1v) is 11.1. The zero-order valence-corrected chi connectivity index (χ0v) is 18.2. The fraction of sp³-hybridized carbons (Fsp3) is 0.261. The maximum atomic E-state index is 13.1. The summed E-state index contributed by atoms with van der Waals surface area (Å²) in [6.07, 6.45) is 2.62. The molecular formula is C23H22N6OS. The van der Waals surface area contributed by atoms with E-state index in [0.29, 0.717) is 10.7 Å². The van der Waals surface area contributed by atoms with E-state index in [1.54, 1.807) is 6.20 Å². The Morgan fingerprint density at radius 2 is 1.94 bits per heavy atom. The molecule has 1 N–H and O–H groups in total. The molecule has 1 aliphatic rings. The number of thiazole rings is 1. The van der Waals surface area contributed by atoms with Crippen molar-refractivity contribution in [2.75, 3.05) is 23.3 Å². The Morgan fingerprint density at radius 1 is 1.13 bits per heavy atom. The van der Waals surface area contributed by atoms with Crippen molar-refractivity contribution in [1.82, 2.24) is 19.9 Å². The van der Waals surface area contributed by atoms with Gasteiger partial charge < -0.3 is 4.90 Å². The first-order valence-electron chi connectivity index (χ1n) is 10.2. The lowest BCUT2D eigenvalue weighted by atomic mass is 9.99. The van der Waals surface area contributed by atoms with E-state index in [2.05, 4.69) is 25.2 Å². The van der Waals surface area contributed by atoms with Crippen molar-refractivity contribution >= 4 is 39.2 Å². The second kappa shape index (κ2) is 8.03. The van der Waals surface area contributed by atoms with Crippen molar-refractivity contribution in [2.24, 2.45) is 0 Å². The van der Waals surface area contributed by atoms with Crippen LogP contribution in [0.15, 0.2) is 48.0 Å². The SMILES string of the molecule is Cc1cc(C)nc(N2CCC(c3cc(C(=O)Nc4nccs4)c4ccccc4n3)C2)n1. The minimum atomic E-state index is -0.165. The van der Waals surface area contributed by atoms with Crippen LogP contribution < -0.4 is 10.2 Å². The molecule has 0 aliphatic carbocycles. The number of amides is 1. The number of fused-ring (bicyclic) bond motifs is 1. The van der Waals surface area contributed by atoms with E-state index < -0.39 is 0 Å². The maximum absolute atomic E-state index is 13.1. The second-order valence-corrected chi connectivity index (χ2v) is 8.68. The van der Waals surface area contributed by atoms with E-state index in [-0.39, 0.29) is 11.8 Å². The van der Waals surface area contributed by atoms with Crippen LogP contribution in [-0.2, 0) is 0 Å². The minimum Gasteiger partial charge on any atom is -0.340 e. The summed E-state index contributed by atoms with van der Waals surface area (Å²) in [6.45, 7) is 5.62. The second-order valence-electron chi connectivity index (χ2n) is 7.79. The van der Waals surface area contributed by atoms with Gasteiger partial charge in [0.25, 0.3) is 5.91 Å². The predicted octanol–water partition coefficient (Wildman–Crippen LogP) is 4.34. The highest BCUT2D eigenvalue weighted by molar-refractivity contribution is 7.13. The fourth-order valence-electron chi connectivity index (χ4n) is 4.07. The van der Waals surface area contributed by atoms with Gasteiger partial charge in [0.05, 0.1) is 11.1 Å². The topological polar surface area (TPSA) is 83.9 Å². The highest BCUT2D eigenvalue weighted by Gasteiger charge is 2.28. The molecule has 4 aromatic rings. The molecule has 0 bridgehead atoms. The third-order valence-electron chi connectivity index (χ3n) is 5.49. The average Bonchev–Trinajstić information content (AvgIpc) is 3.44. The lowest BCUT2D eigenvalue weighted by molar-refractivity contribution is 0.102. The molecule has 5 rings (SSSR count). The van der Waals surface area contributed by atoms with E-state index in [9.17, 15) is 4.79 Å². The summed E-state index contributed by atoms with van der Waals surface area (Å²) in [5, 5.41) is 6.18. The number of hydrogen-bond acceptors (Lipinski definition) is 7. The van der Waals surface area contributed by atoms with Crippen LogP contribution in [0, 0.1) is 13.8 Å². The van der Waals surface area contributed by atoms with Crippen molar-refractivity contribution in [3.8, 4) is 0 Å². The molecule has 1 unspecified atom stereocenters. The molecule has 1 aromatic carbocycles. The van der Waals surface area contributed by atoms with Crippen LogP contribution in [0.2, 0.25) is 0 Å². The number of para-hydroxylation sites is 1. The van der Waals surface area contributed by atoms with Gasteiger partial charge in [0, 0.05) is 53.1 Å². The Bertz CT molecular complexity index is 1240. The number of pyridine rings is 1. The highest BCUT2D eigenvalue weighted by Crippen LogP contribution is 2.31. The van der Waals surface area contributed by atoms with Crippen molar-refractivity contribution in [1.29, 1.82) is 0 Å². The molecule has 1 fully saturated rings. The molecule has 0 radical (unpaired) electrons. The normalized spacial score (nSPS) is 16.1. The number of carbonyl (C=O) groups excluding carboxylic acids is 1. The van der Waals surface area contributed by atoms with Crippen LogP contribution >= 0.6 is 11.3 Å². The summed E-state index contributed by atoms with van der Waals surface area (Å²) in [6, 6.07) is 11.7. The van der Waals surface area contributed by atoms with Gasteiger partial charge in [0.2, 0.25) is 5.95 Å². The Kier molecular flexibility index (Phi) is 5.07. The van der Waals surface area contributed by atoms with E-state index in [1.807, 2.05) is 55.6 Å². The van der Waals surface area contributed by atoms with Crippen LogP contribution in [0.3, 0.4) is 0 Å². The van der Waals surface area contributed by atoms with Crippen molar-refractivity contribution in [3.63, 3.8) is 0 Å². The minimum absolute atomic E-state index is 0.165. The summed E-state index contributed by atoms with van der Waals surface area (Å²) in [7, 11) is 0. The van der Waals surface area contributed by atoms with Gasteiger partial charge in [-0.25, -0.2) is 15.0 Å². The van der Waals surface area contributed by atoms with Crippen molar-refractivity contribution in [3.05, 3.63) is 70.6 Å². The van der Waals surface area contributed by atoms with Gasteiger partial charge in [0.1, 0.15) is 0 Å². The summed E-state index contributed by atoms with van der Waals surface area (Å²) < 4.78 is 0. The molecule has 0 saturated carbocycles. The summed E-state index contributed by atoms with van der Waals surface area (Å²) in [5.74, 6) is 0.810. The highest BCUT2D eigenvalue weighted by atomic mass is 32.1. The number of nitrogens with zero attached hydrogens (tertiary/aromatic N) is 5. The summed E-state index contributed by atoms with van der Waals surface area (Å²) in [4.78, 5) is 33.5. The molecule has 31 heavy (non-hydrogen) atoms. The Balaban J connectivity index is 1.47. The van der Waals surface area contributed by atoms with E-state index >= 15 is 0 Å². The molecule has 4 heterocycles. The van der Waals surface area contributed by atoms with Gasteiger partial charge in [-0.3, -0.25) is 15.1 Å². The summed E-state index contributed by atoms with van der Waals surface area (Å²) in [5.41, 5.74) is 4.31. The number of anilines is 2. The molecule has 8 heteroatoms. The third-order valence-corrected chi connectivity index (χ3v) is 6.18. The van der Waals surface area contributed by atoms with Gasteiger partial charge in [-0.1, -0.05) is 18.2 Å². The maximum Gasteiger partial charge on any atom is 0.258 e. The van der Waals surface area contributed by atoms with E-state index in [1.165, 1.54) is 11.3 Å². The Morgan fingerprint density at radius 3 is 2.71 bits per heavy atom. The van der Waals surface area contributed by atoms with E-state index in [0.717, 1.165) is 53.4 Å². The molecule has 1 aliphatic heterocycles. The largest absolute Gasteiger partial charge is 0.340 e. The zero-order valence-electron chi connectivity index (χ0n) is 17.4. The fourth-order valence-corrected chi connectivity index (χ4v) is 4.60. The van der Waals surface area contributed by atoms with Gasteiger partial charge in [-0.15, -0.1) is 11.3 Å². The number of nitrogens with one attached hydrogen (secondary N) is 1. The molecule has 0 spiro atoms. The van der Waals surface area contributed by atoms with Crippen LogP contribution in [0.5, 0.6) is 0 Å². The molecule has 3 aromatic heterocycles. The first-order chi connectivity index (χ1) is 15.1. The Hall–Kier alpha value is -3.39. The number of aryl methyl sites for hydroxylation is 2. The van der Waals surface area contributed by atoms with Crippen molar-refractivity contribution in [2.45, 2.75) is 26.2 Å². The predicted molar refractivity (Wildman–Crippen MR) is 123 cm³/mol. The number of carbonyl (C=O) groups is 1. The first kappa shape index (κ1) is 19.6. The van der Waals surface area contributed by atoms with Gasteiger partial charge >= 0.3 is 0 Å². The summed E-state index contributed by atoms with van der Waals surface area (Å²) >= 11 is 1.40. The van der Waals surface area contributed by atoms with Crippen LogP contribution in [-0.4, -0.2) is 38.9 Å². The molecular weight excluding hydrogens is 408 g/mol. The number of hydrogen-bond donors (Lipinski definition) is 1. The number of rotatable bonds is 4. The molecule has 156 valence electrons. The van der Waals surface area contributed by atoms with Crippen LogP contribution in [0.25, 0.3) is 10.9 Å². The smallest absolute Gasteiger partial charge is 0.258 e. The van der Waals surface area contributed by atoms with Gasteiger partial charge in [0.15, 0.2) is 5.13 Å². The number of aromatic nitrogens is 4. The zero-order chi connectivity index (χ0) is 21.4. The van der Waals surface area contributed by atoms with Gasteiger partial charge in [-0.05, 0) is 38.5 Å². The quantitative estimate of drug-likeness (QED) is 0.518. The number of benzene rings is 1. The Labute approximate surface area is 184 Å². The molecule has 1 saturated heterocycles. The van der Waals surface area contributed by atoms with Crippen LogP contribution in [0.1, 0.15) is 39.8 Å². The lowest BCUT2D eigenvalue weighted by Gasteiger charge is -2.18. The van der Waals surface area contributed by atoms with Gasteiger partial charge in [-0.2, -0.15) is 0 Å². The molecule has 7 nitrogen and oxygen atoms in total. The van der Waals surface area contributed by atoms with Crippen molar-refractivity contribution < 1.29 is 4.79 Å². The standard InChI is InChI=1S/C23H22N6OS/c1-14-11-15(2)26-22(25-14)29-9-7-16(13-29)20-12-18(17-5-3-4-6-19(17)27-20)21(30)28-23-24-8-10-31-23/h3-6,8,10-12,16H,7,9,13H2,1-2H3,(H,24,28,30). The average molecular weight is 431 g/mol. The van der Waals surface area contributed by atoms with E-state index in [4.69, 9.17) is 4.98 Å². The lowest BCUT2D eigenvalue weighted by Crippen LogP contribution is -2.22. The monoisotopic (exact) mass is 430 g/mol. The van der Waals surface area contributed by atoms with Crippen LogP contribution in [0.4, 0.5) is 11.1 Å². The third kappa shape index (κ3) is 3.98. The molecule has 1 atom stereocenters. The molecule has 1 amide bonds.